The van der Waals surface area contributed by atoms with Gasteiger partial charge in [-0.1, -0.05) is 54.6 Å². The van der Waals surface area contributed by atoms with Gasteiger partial charge in [0.15, 0.2) is 11.9 Å². The van der Waals surface area contributed by atoms with Crippen molar-refractivity contribution in [3.8, 4) is 5.75 Å². The molecule has 8 heteroatoms. The molecule has 1 heterocycles. The summed E-state index contributed by atoms with van der Waals surface area (Å²) in [6.07, 6.45) is -0.612. The minimum absolute atomic E-state index is 0.0855. The number of thioether (sulfide) groups is 1. The van der Waals surface area contributed by atoms with Crippen LogP contribution >= 0.6 is 11.8 Å². The fourth-order valence-corrected chi connectivity index (χ4v) is 5.70. The predicted molar refractivity (Wildman–Crippen MR) is 149 cm³/mol. The number of anilines is 1. The molecule has 0 spiro atoms. The van der Waals surface area contributed by atoms with Gasteiger partial charge >= 0.3 is 5.97 Å². The van der Waals surface area contributed by atoms with Gasteiger partial charge in [-0.25, -0.2) is 0 Å². The van der Waals surface area contributed by atoms with Crippen molar-refractivity contribution < 1.29 is 23.9 Å². The van der Waals surface area contributed by atoms with E-state index in [4.69, 9.17) is 9.47 Å². The molecular weight excluding hydrogens is 500 g/mol. The minimum atomic E-state index is -0.997. The Balaban J connectivity index is 1.53. The number of fused-ring (bicyclic) bond motifs is 1. The van der Waals surface area contributed by atoms with Crippen molar-refractivity contribution in [2.75, 3.05) is 38.7 Å². The summed E-state index contributed by atoms with van der Waals surface area (Å²) in [6.45, 7) is 2.82. The Morgan fingerprint density at radius 3 is 2.32 bits per heavy atom. The molecule has 0 aliphatic carbocycles. The highest BCUT2D eigenvalue weighted by Crippen LogP contribution is 2.46. The number of hydrogen-bond donors (Lipinski definition) is 0. The molecule has 198 valence electrons. The van der Waals surface area contributed by atoms with Crippen LogP contribution in [0.2, 0.25) is 0 Å². The van der Waals surface area contributed by atoms with Gasteiger partial charge in [0, 0.05) is 43.4 Å². The first kappa shape index (κ1) is 27.4. The Hall–Kier alpha value is -3.62. The number of amides is 1. The maximum Gasteiger partial charge on any atom is 0.303 e. The lowest BCUT2D eigenvalue weighted by Crippen LogP contribution is -2.45. The highest BCUT2D eigenvalue weighted by Gasteiger charge is 2.40. The fraction of sp³-hybridized carbons (Fsp3) is 0.300. The normalized spacial score (nSPS) is 17.1. The number of carbonyl (C=O) groups excluding carboxylic acids is 3. The molecule has 3 aromatic rings. The molecule has 2 atom stereocenters. The van der Waals surface area contributed by atoms with Crippen LogP contribution in [0.4, 0.5) is 5.69 Å². The fourth-order valence-electron chi connectivity index (χ4n) is 4.38. The maximum atomic E-state index is 14.0. The third-order valence-electron chi connectivity index (χ3n) is 6.45. The number of methoxy groups -OCH3 is 1. The summed E-state index contributed by atoms with van der Waals surface area (Å²) in [6, 6.07) is 24.5. The number of benzene rings is 3. The second kappa shape index (κ2) is 12.8. The summed E-state index contributed by atoms with van der Waals surface area (Å²) >= 11 is 1.51. The van der Waals surface area contributed by atoms with Crippen LogP contribution in [-0.4, -0.2) is 62.5 Å². The number of ether oxygens (including phenoxy) is 2. The standard InChI is InChI=1S/C30H32N2O5S/c1-21(33)37-28-29(23-13-15-24(36-3)16-14-23)38-27-12-8-7-11-25(27)32(30(28)35)20-19-31(2)18-17-26(34)22-9-5-4-6-10-22/h4-16,28-29H,17-20H2,1-3H3/t28-,29+/m0/s1. The number of carbonyl (C=O) groups is 3. The van der Waals surface area contributed by atoms with Crippen molar-refractivity contribution in [3.63, 3.8) is 0 Å². The number of Topliss-reactive ketones (excluding diaryl/α,β-unsaturated/α-hetero) is 1. The van der Waals surface area contributed by atoms with Crippen LogP contribution in [0, 0.1) is 0 Å². The number of ketones is 1. The first-order chi connectivity index (χ1) is 18.4. The van der Waals surface area contributed by atoms with Gasteiger partial charge < -0.3 is 19.3 Å². The molecule has 1 aliphatic heterocycles. The molecule has 0 radical (unpaired) electrons. The number of rotatable bonds is 10. The highest BCUT2D eigenvalue weighted by atomic mass is 32.2. The van der Waals surface area contributed by atoms with Crippen LogP contribution in [-0.2, 0) is 14.3 Å². The van der Waals surface area contributed by atoms with E-state index in [0.717, 1.165) is 16.1 Å². The Labute approximate surface area is 227 Å². The quantitative estimate of drug-likeness (QED) is 0.268. The molecule has 0 aromatic heterocycles. The van der Waals surface area contributed by atoms with Crippen LogP contribution in [0.1, 0.15) is 34.5 Å². The molecule has 0 unspecified atom stereocenters. The molecule has 3 aromatic carbocycles. The number of likely N-dealkylation sites (N-methyl/N-ethyl adjacent to an activating group) is 1. The van der Waals surface area contributed by atoms with E-state index in [9.17, 15) is 14.4 Å². The van der Waals surface area contributed by atoms with Crippen molar-refractivity contribution >= 4 is 35.1 Å². The van der Waals surface area contributed by atoms with E-state index in [0.29, 0.717) is 37.4 Å². The number of para-hydroxylation sites is 1. The lowest BCUT2D eigenvalue weighted by atomic mass is 10.1. The molecule has 0 N–H and O–H groups in total. The summed E-state index contributed by atoms with van der Waals surface area (Å²) in [5, 5.41) is -0.426. The van der Waals surface area contributed by atoms with Gasteiger partial charge in [0.2, 0.25) is 0 Å². The molecule has 0 fully saturated rings. The van der Waals surface area contributed by atoms with Crippen LogP contribution < -0.4 is 9.64 Å². The molecule has 0 saturated heterocycles. The molecule has 4 rings (SSSR count). The average molecular weight is 533 g/mol. The Bertz CT molecular complexity index is 1270. The van der Waals surface area contributed by atoms with Crippen LogP contribution in [0.3, 0.4) is 0 Å². The lowest BCUT2D eigenvalue weighted by Gasteiger charge is -2.29. The van der Waals surface area contributed by atoms with E-state index in [2.05, 4.69) is 0 Å². The molecule has 38 heavy (non-hydrogen) atoms. The maximum absolute atomic E-state index is 14.0. The Morgan fingerprint density at radius 1 is 0.947 bits per heavy atom. The van der Waals surface area contributed by atoms with Crippen molar-refractivity contribution in [3.05, 3.63) is 90.0 Å². The number of esters is 1. The molecule has 1 aliphatic rings. The van der Waals surface area contributed by atoms with Gasteiger partial charge in [-0.2, -0.15) is 0 Å². The van der Waals surface area contributed by atoms with Crippen LogP contribution in [0.15, 0.2) is 83.8 Å². The Morgan fingerprint density at radius 2 is 1.63 bits per heavy atom. The number of hydrogen-bond acceptors (Lipinski definition) is 7. The van der Waals surface area contributed by atoms with E-state index in [-0.39, 0.29) is 11.7 Å². The second-order valence-electron chi connectivity index (χ2n) is 9.14. The van der Waals surface area contributed by atoms with E-state index >= 15 is 0 Å². The smallest absolute Gasteiger partial charge is 0.303 e. The van der Waals surface area contributed by atoms with Crippen molar-refractivity contribution in [1.29, 1.82) is 0 Å². The van der Waals surface area contributed by atoms with E-state index in [1.54, 1.807) is 12.0 Å². The molecular formula is C30H32N2O5S. The monoisotopic (exact) mass is 532 g/mol. The van der Waals surface area contributed by atoms with Gasteiger partial charge in [-0.15, -0.1) is 11.8 Å². The Kier molecular flexibility index (Phi) is 9.20. The zero-order valence-electron chi connectivity index (χ0n) is 21.8. The average Bonchev–Trinajstić information content (AvgIpc) is 3.05. The van der Waals surface area contributed by atoms with Crippen molar-refractivity contribution in [2.24, 2.45) is 0 Å². The van der Waals surface area contributed by atoms with Crippen LogP contribution in [0.5, 0.6) is 5.75 Å². The topological polar surface area (TPSA) is 76.2 Å². The van der Waals surface area contributed by atoms with Gasteiger partial charge in [-0.05, 0) is 36.9 Å². The third-order valence-corrected chi connectivity index (χ3v) is 7.83. The van der Waals surface area contributed by atoms with Gasteiger partial charge in [-0.3, -0.25) is 14.4 Å². The number of nitrogens with zero attached hydrogens (tertiary/aromatic N) is 2. The summed E-state index contributed by atoms with van der Waals surface area (Å²) < 4.78 is 11.0. The largest absolute Gasteiger partial charge is 0.497 e. The van der Waals surface area contributed by atoms with E-state index < -0.39 is 17.3 Å². The summed E-state index contributed by atoms with van der Waals surface area (Å²) in [5.41, 5.74) is 2.34. The SMILES string of the molecule is COc1ccc([C@H]2Sc3ccccc3N(CCN(C)CCC(=O)c3ccccc3)C(=O)[C@H]2OC(C)=O)cc1. The first-order valence-corrected chi connectivity index (χ1v) is 13.4. The summed E-state index contributed by atoms with van der Waals surface area (Å²) in [7, 11) is 3.54. The van der Waals surface area contributed by atoms with Crippen molar-refractivity contribution in [2.45, 2.75) is 29.6 Å². The van der Waals surface area contributed by atoms with Gasteiger partial charge in [0.1, 0.15) is 5.75 Å². The minimum Gasteiger partial charge on any atom is -0.497 e. The third kappa shape index (κ3) is 6.62. The molecule has 1 amide bonds. The van der Waals surface area contributed by atoms with Crippen LogP contribution in [0.25, 0.3) is 0 Å². The zero-order chi connectivity index (χ0) is 27.1. The molecule has 0 bridgehead atoms. The van der Waals surface area contributed by atoms with Crippen molar-refractivity contribution in [1.82, 2.24) is 4.90 Å². The molecule has 7 nitrogen and oxygen atoms in total. The van der Waals surface area contributed by atoms with E-state index in [1.807, 2.05) is 90.8 Å². The zero-order valence-corrected chi connectivity index (χ0v) is 22.6. The predicted octanol–water partition coefficient (Wildman–Crippen LogP) is 5.01. The lowest BCUT2D eigenvalue weighted by molar-refractivity contribution is -0.152. The summed E-state index contributed by atoms with van der Waals surface area (Å²) in [4.78, 5) is 43.2. The molecule has 0 saturated carbocycles. The summed E-state index contributed by atoms with van der Waals surface area (Å²) in [5.74, 6) is 0.0120. The second-order valence-corrected chi connectivity index (χ2v) is 10.3. The van der Waals surface area contributed by atoms with E-state index in [1.165, 1.54) is 18.7 Å². The van der Waals surface area contributed by atoms with Gasteiger partial charge in [0.25, 0.3) is 5.91 Å². The first-order valence-electron chi connectivity index (χ1n) is 12.5. The highest BCUT2D eigenvalue weighted by molar-refractivity contribution is 7.99. The van der Waals surface area contributed by atoms with Gasteiger partial charge in [0.05, 0.1) is 18.0 Å².